The normalized spacial score (nSPS) is 17.6. The molecule has 17 heavy (non-hydrogen) atoms. The van der Waals surface area contributed by atoms with E-state index in [1.807, 2.05) is 49.4 Å². The maximum atomic E-state index is 10.4. The Morgan fingerprint density at radius 1 is 1.12 bits per heavy atom. The van der Waals surface area contributed by atoms with E-state index in [-0.39, 0.29) is 0 Å². The van der Waals surface area contributed by atoms with Gasteiger partial charge >= 0.3 is 0 Å². The first-order chi connectivity index (χ1) is 8.25. The Hall–Kier alpha value is -1.80. The van der Waals surface area contributed by atoms with Gasteiger partial charge in [-0.05, 0) is 30.2 Å². The van der Waals surface area contributed by atoms with Crippen LogP contribution in [0, 0.1) is 6.92 Å². The Morgan fingerprint density at radius 3 is 2.82 bits per heavy atom. The molecule has 0 aliphatic carbocycles. The third-order valence-corrected chi connectivity index (χ3v) is 3.19. The predicted octanol–water partition coefficient (Wildman–Crippen LogP) is 2.97. The third kappa shape index (κ3) is 1.71. The molecular formula is C15H14O2. The van der Waals surface area contributed by atoms with Crippen molar-refractivity contribution in [3.05, 3.63) is 64.7 Å². The molecule has 0 fully saturated rings. The molecule has 0 aromatic heterocycles. The van der Waals surface area contributed by atoms with Crippen LogP contribution in [0.25, 0.3) is 0 Å². The van der Waals surface area contributed by atoms with Crippen molar-refractivity contribution >= 4 is 0 Å². The summed E-state index contributed by atoms with van der Waals surface area (Å²) >= 11 is 0. The molecular weight excluding hydrogens is 212 g/mol. The van der Waals surface area contributed by atoms with E-state index in [1.165, 1.54) is 0 Å². The van der Waals surface area contributed by atoms with Crippen LogP contribution in [0.2, 0.25) is 0 Å². The summed E-state index contributed by atoms with van der Waals surface area (Å²) in [6, 6.07) is 13.8. The van der Waals surface area contributed by atoms with Crippen LogP contribution >= 0.6 is 0 Å². The van der Waals surface area contributed by atoms with Gasteiger partial charge in [-0.1, -0.05) is 35.9 Å². The van der Waals surface area contributed by atoms with Crippen molar-refractivity contribution in [2.75, 3.05) is 0 Å². The summed E-state index contributed by atoms with van der Waals surface area (Å²) < 4.78 is 5.74. The van der Waals surface area contributed by atoms with Gasteiger partial charge in [0.15, 0.2) is 0 Å². The highest BCUT2D eigenvalue weighted by Gasteiger charge is 2.22. The molecule has 1 aliphatic rings. The third-order valence-electron chi connectivity index (χ3n) is 3.19. The number of ether oxygens (including phenoxy) is 1. The van der Waals surface area contributed by atoms with E-state index in [4.69, 9.17) is 4.74 Å². The monoisotopic (exact) mass is 226 g/mol. The van der Waals surface area contributed by atoms with Gasteiger partial charge in [0.2, 0.25) is 0 Å². The van der Waals surface area contributed by atoms with Crippen molar-refractivity contribution in [3.8, 4) is 5.75 Å². The molecule has 0 saturated heterocycles. The molecule has 0 radical (unpaired) electrons. The molecule has 1 atom stereocenters. The predicted molar refractivity (Wildman–Crippen MR) is 66.0 cm³/mol. The van der Waals surface area contributed by atoms with Crippen LogP contribution in [0.15, 0.2) is 42.5 Å². The highest BCUT2D eigenvalue weighted by Crippen LogP contribution is 2.35. The van der Waals surface area contributed by atoms with Crippen molar-refractivity contribution in [1.29, 1.82) is 0 Å². The number of aryl methyl sites for hydroxylation is 1. The Morgan fingerprint density at radius 2 is 1.94 bits per heavy atom. The summed E-state index contributed by atoms with van der Waals surface area (Å²) in [5.41, 5.74) is 3.98. The Labute approximate surface area is 100 Å². The first kappa shape index (κ1) is 10.4. The highest BCUT2D eigenvalue weighted by molar-refractivity contribution is 5.46. The van der Waals surface area contributed by atoms with Crippen LogP contribution < -0.4 is 4.74 Å². The van der Waals surface area contributed by atoms with Gasteiger partial charge in [-0.3, -0.25) is 0 Å². The molecule has 1 heterocycles. The SMILES string of the molecule is Cc1ccc2c(c1)C(O)c1ccccc1CO2. The standard InChI is InChI=1S/C15H14O2/c1-10-6-7-14-13(8-10)15(16)12-5-3-2-4-11(12)9-17-14/h2-8,15-16H,9H2,1H3. The van der Waals surface area contributed by atoms with Gasteiger partial charge in [0.25, 0.3) is 0 Å². The first-order valence-electron chi connectivity index (χ1n) is 5.75. The van der Waals surface area contributed by atoms with Crippen molar-refractivity contribution in [3.63, 3.8) is 0 Å². The summed E-state index contributed by atoms with van der Waals surface area (Å²) in [4.78, 5) is 0. The summed E-state index contributed by atoms with van der Waals surface area (Å²) in [6.07, 6.45) is -0.594. The van der Waals surface area contributed by atoms with Gasteiger partial charge in [0.05, 0.1) is 0 Å². The molecule has 0 amide bonds. The van der Waals surface area contributed by atoms with E-state index in [2.05, 4.69) is 0 Å². The second-order valence-corrected chi connectivity index (χ2v) is 4.43. The average Bonchev–Trinajstić information content (AvgIpc) is 2.49. The summed E-state index contributed by atoms with van der Waals surface area (Å²) in [5, 5.41) is 10.4. The Kier molecular flexibility index (Phi) is 2.37. The van der Waals surface area contributed by atoms with Gasteiger partial charge in [-0.15, -0.1) is 0 Å². The fourth-order valence-electron chi connectivity index (χ4n) is 2.27. The van der Waals surface area contributed by atoms with E-state index in [0.29, 0.717) is 6.61 Å². The molecule has 2 heteroatoms. The summed E-state index contributed by atoms with van der Waals surface area (Å²) in [5.74, 6) is 0.777. The number of benzene rings is 2. The summed E-state index contributed by atoms with van der Waals surface area (Å²) in [6.45, 7) is 2.53. The van der Waals surface area contributed by atoms with Crippen molar-refractivity contribution in [1.82, 2.24) is 0 Å². The largest absolute Gasteiger partial charge is 0.488 e. The van der Waals surface area contributed by atoms with E-state index in [0.717, 1.165) is 28.0 Å². The lowest BCUT2D eigenvalue weighted by molar-refractivity contribution is 0.218. The highest BCUT2D eigenvalue weighted by atomic mass is 16.5. The molecule has 0 saturated carbocycles. The minimum atomic E-state index is -0.594. The Bertz CT molecular complexity index is 561. The number of fused-ring (bicyclic) bond motifs is 2. The Balaban J connectivity index is 2.18. The van der Waals surface area contributed by atoms with Crippen molar-refractivity contribution < 1.29 is 9.84 Å². The quantitative estimate of drug-likeness (QED) is 0.748. The van der Waals surface area contributed by atoms with Crippen LogP contribution in [0.5, 0.6) is 5.75 Å². The topological polar surface area (TPSA) is 29.5 Å². The maximum Gasteiger partial charge on any atom is 0.125 e. The minimum Gasteiger partial charge on any atom is -0.488 e. The molecule has 1 aliphatic heterocycles. The lowest BCUT2D eigenvalue weighted by Gasteiger charge is -2.13. The molecule has 0 bridgehead atoms. The number of aliphatic hydroxyl groups excluding tert-OH is 1. The van der Waals surface area contributed by atoms with Crippen molar-refractivity contribution in [2.45, 2.75) is 19.6 Å². The number of aliphatic hydroxyl groups is 1. The smallest absolute Gasteiger partial charge is 0.125 e. The van der Waals surface area contributed by atoms with Gasteiger partial charge in [-0.25, -0.2) is 0 Å². The van der Waals surface area contributed by atoms with E-state index in [9.17, 15) is 5.11 Å². The van der Waals surface area contributed by atoms with E-state index < -0.39 is 6.10 Å². The molecule has 0 spiro atoms. The molecule has 2 nitrogen and oxygen atoms in total. The molecule has 2 aromatic rings. The van der Waals surface area contributed by atoms with E-state index >= 15 is 0 Å². The second kappa shape index (κ2) is 3.90. The second-order valence-electron chi connectivity index (χ2n) is 4.43. The van der Waals surface area contributed by atoms with Gasteiger partial charge in [0.1, 0.15) is 18.5 Å². The van der Waals surface area contributed by atoms with E-state index in [1.54, 1.807) is 0 Å². The maximum absolute atomic E-state index is 10.4. The van der Waals surface area contributed by atoms with Crippen LogP contribution in [0.1, 0.15) is 28.4 Å². The number of rotatable bonds is 0. The zero-order valence-electron chi connectivity index (χ0n) is 9.68. The number of hydrogen-bond acceptors (Lipinski definition) is 2. The lowest BCUT2D eigenvalue weighted by Crippen LogP contribution is -2.01. The molecule has 1 unspecified atom stereocenters. The van der Waals surface area contributed by atoms with Crippen molar-refractivity contribution in [2.24, 2.45) is 0 Å². The molecule has 1 N–H and O–H groups in total. The fraction of sp³-hybridized carbons (Fsp3) is 0.200. The summed E-state index contributed by atoms with van der Waals surface area (Å²) in [7, 11) is 0. The van der Waals surface area contributed by atoms with Gasteiger partial charge in [-0.2, -0.15) is 0 Å². The molecule has 2 aromatic carbocycles. The average molecular weight is 226 g/mol. The molecule has 3 rings (SSSR count). The zero-order valence-corrected chi connectivity index (χ0v) is 9.68. The molecule has 86 valence electrons. The first-order valence-corrected chi connectivity index (χ1v) is 5.75. The van der Waals surface area contributed by atoms with Gasteiger partial charge < -0.3 is 9.84 Å². The minimum absolute atomic E-state index is 0.517. The van der Waals surface area contributed by atoms with Gasteiger partial charge in [0, 0.05) is 5.56 Å². The zero-order chi connectivity index (χ0) is 11.8. The fourth-order valence-corrected chi connectivity index (χ4v) is 2.27. The van der Waals surface area contributed by atoms with Crippen LogP contribution in [0.4, 0.5) is 0 Å². The van der Waals surface area contributed by atoms with Crippen LogP contribution in [-0.2, 0) is 6.61 Å². The lowest BCUT2D eigenvalue weighted by atomic mass is 9.97. The van der Waals surface area contributed by atoms with Crippen LogP contribution in [-0.4, -0.2) is 5.11 Å². The number of hydrogen-bond donors (Lipinski definition) is 1. The van der Waals surface area contributed by atoms with Crippen LogP contribution in [0.3, 0.4) is 0 Å².